The molecular weight excluding hydrogens is 476 g/mol. The lowest BCUT2D eigenvalue weighted by Crippen LogP contribution is -2.21. The smallest absolute Gasteiger partial charge is 0.341 e. The fourth-order valence-electron chi connectivity index (χ4n) is 4.32. The van der Waals surface area contributed by atoms with Crippen LogP contribution in [0.2, 0.25) is 0 Å². The van der Waals surface area contributed by atoms with Crippen LogP contribution in [0.15, 0.2) is 42.5 Å². The minimum atomic E-state index is -0.437. The summed E-state index contributed by atoms with van der Waals surface area (Å²) in [5.41, 5.74) is 4.80. The summed E-state index contributed by atoms with van der Waals surface area (Å²) < 4.78 is 10.6. The Bertz CT molecular complexity index is 1300. The van der Waals surface area contributed by atoms with Crippen LogP contribution in [0.3, 0.4) is 0 Å². The van der Waals surface area contributed by atoms with Crippen molar-refractivity contribution >= 4 is 39.8 Å². The first-order valence-corrected chi connectivity index (χ1v) is 12.7. The molecule has 0 saturated heterocycles. The molecule has 0 fully saturated rings. The zero-order chi connectivity index (χ0) is 25.8. The van der Waals surface area contributed by atoms with Crippen molar-refractivity contribution in [3.8, 4) is 5.75 Å². The van der Waals surface area contributed by atoms with Gasteiger partial charge in [0.25, 0.3) is 11.8 Å². The lowest BCUT2D eigenvalue weighted by atomic mass is 9.88. The lowest BCUT2D eigenvalue weighted by molar-refractivity contribution is -0.118. The van der Waals surface area contributed by atoms with Gasteiger partial charge in [0.2, 0.25) is 0 Å². The molecule has 2 amide bonds. The summed E-state index contributed by atoms with van der Waals surface area (Å²) >= 11 is 1.43. The van der Waals surface area contributed by atoms with Gasteiger partial charge in [0, 0.05) is 16.1 Å². The Labute approximate surface area is 214 Å². The summed E-state index contributed by atoms with van der Waals surface area (Å²) in [6.07, 6.45) is 2.69. The summed E-state index contributed by atoms with van der Waals surface area (Å²) in [6, 6.07) is 12.4. The van der Waals surface area contributed by atoms with Gasteiger partial charge in [-0.25, -0.2) is 4.79 Å². The van der Waals surface area contributed by atoms with E-state index in [9.17, 15) is 14.4 Å². The molecule has 1 atom stereocenters. The Balaban J connectivity index is 1.36. The van der Waals surface area contributed by atoms with Crippen molar-refractivity contribution in [2.75, 3.05) is 24.4 Å². The van der Waals surface area contributed by atoms with Gasteiger partial charge in [-0.3, -0.25) is 9.59 Å². The number of fused-ring (bicyclic) bond motifs is 1. The van der Waals surface area contributed by atoms with Crippen molar-refractivity contribution in [2.45, 2.75) is 40.0 Å². The molecule has 36 heavy (non-hydrogen) atoms. The van der Waals surface area contributed by atoms with Gasteiger partial charge >= 0.3 is 5.97 Å². The van der Waals surface area contributed by atoms with Crippen LogP contribution >= 0.6 is 11.3 Å². The summed E-state index contributed by atoms with van der Waals surface area (Å²) in [7, 11) is 1.35. The van der Waals surface area contributed by atoms with E-state index in [1.165, 1.54) is 18.4 Å². The Hall–Kier alpha value is -3.65. The molecule has 1 aromatic heterocycles. The van der Waals surface area contributed by atoms with E-state index in [4.69, 9.17) is 9.47 Å². The highest BCUT2D eigenvalue weighted by atomic mass is 32.1. The molecule has 7 nitrogen and oxygen atoms in total. The lowest BCUT2D eigenvalue weighted by Gasteiger charge is -2.18. The number of carbonyl (C=O) groups excluding carboxylic acids is 3. The number of amides is 2. The Kier molecular flexibility index (Phi) is 7.74. The Morgan fingerprint density at radius 3 is 2.50 bits per heavy atom. The van der Waals surface area contributed by atoms with Gasteiger partial charge in [0.1, 0.15) is 10.8 Å². The quantitative estimate of drug-likeness (QED) is 0.410. The van der Waals surface area contributed by atoms with Gasteiger partial charge in [-0.2, -0.15) is 0 Å². The SMILES string of the molecule is COC(=O)c1c(NC(=O)COc2ccc(C(=O)Nc3ccc(C)cc3C)cc2)sc2c1CCC(C)C2. The van der Waals surface area contributed by atoms with Gasteiger partial charge in [-0.15, -0.1) is 11.3 Å². The van der Waals surface area contributed by atoms with Crippen molar-refractivity contribution in [3.63, 3.8) is 0 Å². The zero-order valence-electron chi connectivity index (χ0n) is 20.9. The van der Waals surface area contributed by atoms with E-state index >= 15 is 0 Å². The molecule has 1 heterocycles. The Morgan fingerprint density at radius 1 is 1.06 bits per heavy atom. The summed E-state index contributed by atoms with van der Waals surface area (Å²) in [5.74, 6) is -0.0331. The molecule has 2 aromatic carbocycles. The van der Waals surface area contributed by atoms with Crippen molar-refractivity contribution in [2.24, 2.45) is 5.92 Å². The van der Waals surface area contributed by atoms with Crippen LogP contribution in [-0.2, 0) is 22.4 Å². The fraction of sp³-hybridized carbons (Fsp3) is 0.321. The predicted molar refractivity (Wildman–Crippen MR) is 141 cm³/mol. The molecule has 1 aliphatic carbocycles. The number of thiophene rings is 1. The molecular formula is C28H30N2O5S. The number of hydrogen-bond donors (Lipinski definition) is 2. The number of nitrogens with one attached hydrogen (secondary N) is 2. The largest absolute Gasteiger partial charge is 0.484 e. The number of carbonyl (C=O) groups is 3. The van der Waals surface area contributed by atoms with E-state index in [0.717, 1.165) is 46.5 Å². The second kappa shape index (κ2) is 11.0. The van der Waals surface area contributed by atoms with Gasteiger partial charge < -0.3 is 20.1 Å². The summed E-state index contributed by atoms with van der Waals surface area (Å²) in [6.45, 7) is 5.91. The number of benzene rings is 2. The van der Waals surface area contributed by atoms with E-state index in [2.05, 4.69) is 17.6 Å². The van der Waals surface area contributed by atoms with Crippen molar-refractivity contribution < 1.29 is 23.9 Å². The van der Waals surface area contributed by atoms with Crippen LogP contribution in [0.25, 0.3) is 0 Å². The van der Waals surface area contributed by atoms with Crippen LogP contribution in [0.5, 0.6) is 5.75 Å². The minimum Gasteiger partial charge on any atom is -0.484 e. The van der Waals surface area contributed by atoms with Crippen LogP contribution in [-0.4, -0.2) is 31.5 Å². The van der Waals surface area contributed by atoms with E-state index in [-0.39, 0.29) is 18.4 Å². The molecule has 1 aliphatic rings. The van der Waals surface area contributed by atoms with E-state index in [1.54, 1.807) is 24.3 Å². The normalized spacial score (nSPS) is 14.5. The fourth-order valence-corrected chi connectivity index (χ4v) is 5.73. The Morgan fingerprint density at radius 2 is 1.81 bits per heavy atom. The molecule has 0 bridgehead atoms. The third kappa shape index (κ3) is 5.76. The van der Waals surface area contributed by atoms with Gasteiger partial charge in [0.15, 0.2) is 6.61 Å². The third-order valence-electron chi connectivity index (χ3n) is 6.27. The van der Waals surface area contributed by atoms with Crippen LogP contribution < -0.4 is 15.4 Å². The molecule has 188 valence electrons. The average molecular weight is 507 g/mol. The third-order valence-corrected chi connectivity index (χ3v) is 7.44. The molecule has 4 rings (SSSR count). The molecule has 2 N–H and O–H groups in total. The number of ether oxygens (including phenoxy) is 2. The second-order valence-electron chi connectivity index (χ2n) is 9.18. The highest BCUT2D eigenvalue weighted by Gasteiger charge is 2.29. The first-order chi connectivity index (χ1) is 17.2. The summed E-state index contributed by atoms with van der Waals surface area (Å²) in [5, 5.41) is 6.24. The summed E-state index contributed by atoms with van der Waals surface area (Å²) in [4.78, 5) is 38.7. The second-order valence-corrected chi connectivity index (χ2v) is 10.3. The number of hydrogen-bond acceptors (Lipinski definition) is 6. The minimum absolute atomic E-state index is 0.224. The molecule has 0 radical (unpaired) electrons. The van der Waals surface area contributed by atoms with Gasteiger partial charge in [0.05, 0.1) is 12.7 Å². The number of anilines is 2. The predicted octanol–water partition coefficient (Wildman–Crippen LogP) is 5.55. The molecule has 8 heteroatoms. The van der Waals surface area contributed by atoms with Crippen molar-refractivity contribution in [1.29, 1.82) is 0 Å². The molecule has 0 aliphatic heterocycles. The van der Waals surface area contributed by atoms with E-state index < -0.39 is 5.97 Å². The first kappa shape index (κ1) is 25.4. The van der Waals surface area contributed by atoms with Crippen LogP contribution in [0, 0.1) is 19.8 Å². The van der Waals surface area contributed by atoms with E-state index in [1.807, 2.05) is 32.0 Å². The van der Waals surface area contributed by atoms with Crippen LogP contribution in [0.1, 0.15) is 55.6 Å². The van der Waals surface area contributed by atoms with Crippen molar-refractivity contribution in [3.05, 3.63) is 75.2 Å². The van der Waals surface area contributed by atoms with Crippen molar-refractivity contribution in [1.82, 2.24) is 0 Å². The average Bonchev–Trinajstić information content (AvgIpc) is 3.20. The highest BCUT2D eigenvalue weighted by molar-refractivity contribution is 7.17. The number of methoxy groups -OCH3 is 1. The maximum atomic E-state index is 12.6. The number of aryl methyl sites for hydroxylation is 2. The highest BCUT2D eigenvalue weighted by Crippen LogP contribution is 2.40. The van der Waals surface area contributed by atoms with E-state index in [0.29, 0.717) is 27.8 Å². The first-order valence-electron chi connectivity index (χ1n) is 11.9. The monoisotopic (exact) mass is 506 g/mol. The number of rotatable bonds is 7. The molecule has 0 saturated carbocycles. The topological polar surface area (TPSA) is 93.7 Å². The number of esters is 1. The zero-order valence-corrected chi connectivity index (χ0v) is 21.7. The molecule has 1 unspecified atom stereocenters. The molecule has 3 aromatic rings. The van der Waals surface area contributed by atoms with Gasteiger partial charge in [-0.05, 0) is 80.5 Å². The standard InChI is InChI=1S/C28H30N2O5S/c1-16-6-12-22(18(3)13-16)29-26(32)19-7-9-20(10-8-19)35-15-24(31)30-27-25(28(33)34-4)21-11-5-17(2)14-23(21)36-27/h6-10,12-13,17H,5,11,14-15H2,1-4H3,(H,29,32)(H,30,31). The van der Waals surface area contributed by atoms with Gasteiger partial charge in [-0.1, -0.05) is 24.6 Å². The molecule has 0 spiro atoms. The maximum Gasteiger partial charge on any atom is 0.341 e. The van der Waals surface area contributed by atoms with Crippen LogP contribution in [0.4, 0.5) is 10.7 Å². The maximum absolute atomic E-state index is 12.6.